The summed E-state index contributed by atoms with van der Waals surface area (Å²) < 4.78 is 16.2. The largest absolute Gasteiger partial charge is 0.349 e. The van der Waals surface area contributed by atoms with Gasteiger partial charge in [-0.05, 0) is 53.0 Å². The van der Waals surface area contributed by atoms with Crippen molar-refractivity contribution in [1.29, 1.82) is 0 Å². The van der Waals surface area contributed by atoms with Crippen molar-refractivity contribution in [3.63, 3.8) is 0 Å². The minimum atomic E-state index is -0.308. The second-order valence-electron chi connectivity index (χ2n) is 7.56. The van der Waals surface area contributed by atoms with Gasteiger partial charge in [-0.2, -0.15) is 5.10 Å². The van der Waals surface area contributed by atoms with E-state index in [0.29, 0.717) is 16.8 Å². The van der Waals surface area contributed by atoms with Gasteiger partial charge in [-0.3, -0.25) is 19.4 Å². The van der Waals surface area contributed by atoms with Crippen molar-refractivity contribution in [2.75, 3.05) is 13.1 Å². The van der Waals surface area contributed by atoms with Crippen molar-refractivity contribution in [3.8, 4) is 11.3 Å². The summed E-state index contributed by atoms with van der Waals surface area (Å²) in [5.41, 5.74) is 2.87. The highest BCUT2D eigenvalue weighted by atomic mass is 79.9. The smallest absolute Gasteiger partial charge is 0.253 e. The van der Waals surface area contributed by atoms with Crippen LogP contribution >= 0.6 is 15.9 Å². The van der Waals surface area contributed by atoms with E-state index in [1.165, 1.54) is 12.1 Å². The fourth-order valence-corrected chi connectivity index (χ4v) is 4.18. The summed E-state index contributed by atoms with van der Waals surface area (Å²) >= 11 is 3.55. The molecule has 2 aromatic heterocycles. The summed E-state index contributed by atoms with van der Waals surface area (Å²) in [5.74, 6) is -0.433. The van der Waals surface area contributed by atoms with Gasteiger partial charge in [0.25, 0.3) is 5.91 Å². The van der Waals surface area contributed by atoms with Crippen LogP contribution in [-0.2, 0) is 13.6 Å². The second-order valence-corrected chi connectivity index (χ2v) is 8.42. The monoisotopic (exact) mass is 471 g/mol. The van der Waals surface area contributed by atoms with Crippen LogP contribution in [0.3, 0.4) is 0 Å². The Hall–Kier alpha value is -2.58. The summed E-state index contributed by atoms with van der Waals surface area (Å²) in [6, 6.07) is 9.89. The lowest BCUT2D eigenvalue weighted by Crippen LogP contribution is -2.44. The van der Waals surface area contributed by atoms with Gasteiger partial charge in [0.15, 0.2) is 0 Å². The van der Waals surface area contributed by atoms with Crippen LogP contribution in [0.5, 0.6) is 0 Å². The summed E-state index contributed by atoms with van der Waals surface area (Å²) in [7, 11) is 1.91. The van der Waals surface area contributed by atoms with Gasteiger partial charge in [0, 0.05) is 50.7 Å². The number of aromatic nitrogens is 3. The molecule has 1 aliphatic heterocycles. The molecule has 0 unspecified atom stereocenters. The molecule has 8 heteroatoms. The summed E-state index contributed by atoms with van der Waals surface area (Å²) in [6.07, 6.45) is 5.29. The normalized spacial score (nSPS) is 15.3. The Morgan fingerprint density at radius 1 is 1.27 bits per heavy atom. The second kappa shape index (κ2) is 9.06. The standard InChI is InChI=1S/C22H23BrFN5O/c1-28-13-19(23)21(27-28)14-29-9-7-18(8-10-29)26-22(30)16-5-6-20(25-12-16)15-3-2-4-17(24)11-15/h2-6,11-13,18H,7-10,14H2,1H3,(H,26,30). The maximum atomic E-state index is 13.4. The Labute approximate surface area is 183 Å². The average molecular weight is 472 g/mol. The fraction of sp³-hybridized carbons (Fsp3) is 0.318. The zero-order chi connectivity index (χ0) is 21.1. The zero-order valence-corrected chi connectivity index (χ0v) is 18.3. The number of carbonyl (C=O) groups is 1. The van der Waals surface area contributed by atoms with Crippen LogP contribution in [0, 0.1) is 5.82 Å². The maximum Gasteiger partial charge on any atom is 0.253 e. The molecular weight excluding hydrogens is 449 g/mol. The predicted octanol–water partition coefficient (Wildman–Crippen LogP) is 3.78. The van der Waals surface area contributed by atoms with Gasteiger partial charge in [-0.25, -0.2) is 4.39 Å². The van der Waals surface area contributed by atoms with Crippen LogP contribution < -0.4 is 5.32 Å². The number of rotatable bonds is 5. The number of nitrogens with one attached hydrogen (secondary N) is 1. The number of likely N-dealkylation sites (tertiary alicyclic amines) is 1. The minimum absolute atomic E-state index is 0.126. The Kier molecular flexibility index (Phi) is 6.24. The molecule has 3 heterocycles. The van der Waals surface area contributed by atoms with Crippen molar-refractivity contribution in [1.82, 2.24) is 25.0 Å². The third-order valence-electron chi connectivity index (χ3n) is 5.30. The molecule has 0 atom stereocenters. The van der Waals surface area contributed by atoms with E-state index >= 15 is 0 Å². The van der Waals surface area contributed by atoms with Crippen molar-refractivity contribution in [2.24, 2.45) is 7.05 Å². The molecule has 3 aromatic rings. The number of hydrogen-bond acceptors (Lipinski definition) is 4. The lowest BCUT2D eigenvalue weighted by Gasteiger charge is -2.32. The number of nitrogens with zero attached hydrogens (tertiary/aromatic N) is 4. The van der Waals surface area contributed by atoms with Gasteiger partial charge < -0.3 is 5.32 Å². The number of benzene rings is 1. The van der Waals surface area contributed by atoms with E-state index in [-0.39, 0.29) is 17.8 Å². The van der Waals surface area contributed by atoms with Crippen molar-refractivity contribution in [2.45, 2.75) is 25.4 Å². The summed E-state index contributed by atoms with van der Waals surface area (Å²) in [5, 5.41) is 7.58. The number of amides is 1. The number of halogens is 2. The number of piperidine rings is 1. The molecule has 1 N–H and O–H groups in total. The molecule has 0 aliphatic carbocycles. The number of aryl methyl sites for hydroxylation is 1. The molecule has 0 spiro atoms. The molecule has 0 bridgehead atoms. The first-order valence-electron chi connectivity index (χ1n) is 9.91. The van der Waals surface area contributed by atoms with Crippen molar-refractivity contribution in [3.05, 3.63) is 70.3 Å². The van der Waals surface area contributed by atoms with E-state index in [1.807, 2.05) is 13.2 Å². The third kappa shape index (κ3) is 4.94. The summed E-state index contributed by atoms with van der Waals surface area (Å²) in [6.45, 7) is 2.61. The average Bonchev–Trinajstić information content (AvgIpc) is 3.06. The van der Waals surface area contributed by atoms with Crippen LogP contribution in [0.25, 0.3) is 11.3 Å². The highest BCUT2D eigenvalue weighted by molar-refractivity contribution is 9.10. The molecule has 1 saturated heterocycles. The van der Waals surface area contributed by atoms with Gasteiger partial charge in [0.05, 0.1) is 21.4 Å². The van der Waals surface area contributed by atoms with E-state index in [0.717, 1.165) is 42.6 Å². The Bertz CT molecular complexity index is 1030. The first-order chi connectivity index (χ1) is 14.5. The van der Waals surface area contributed by atoms with Crippen LogP contribution in [-0.4, -0.2) is 44.7 Å². The van der Waals surface area contributed by atoms with Crippen molar-refractivity contribution < 1.29 is 9.18 Å². The molecule has 0 saturated carbocycles. The van der Waals surface area contributed by atoms with Gasteiger partial charge in [-0.1, -0.05) is 12.1 Å². The predicted molar refractivity (Wildman–Crippen MR) is 116 cm³/mol. The van der Waals surface area contributed by atoms with E-state index in [2.05, 4.69) is 36.2 Å². The first kappa shape index (κ1) is 20.7. The van der Waals surface area contributed by atoms with Gasteiger partial charge in [0.2, 0.25) is 0 Å². The third-order valence-corrected chi connectivity index (χ3v) is 5.96. The van der Waals surface area contributed by atoms with Gasteiger partial charge in [-0.15, -0.1) is 0 Å². The molecule has 30 heavy (non-hydrogen) atoms. The van der Waals surface area contributed by atoms with Crippen LogP contribution in [0.4, 0.5) is 4.39 Å². The fourth-order valence-electron chi connectivity index (χ4n) is 3.68. The molecular formula is C22H23BrFN5O. The highest BCUT2D eigenvalue weighted by Crippen LogP contribution is 2.20. The molecule has 0 radical (unpaired) electrons. The van der Waals surface area contributed by atoms with Crippen LogP contribution in [0.15, 0.2) is 53.3 Å². The minimum Gasteiger partial charge on any atom is -0.349 e. The zero-order valence-electron chi connectivity index (χ0n) is 16.7. The molecule has 1 aliphatic rings. The lowest BCUT2D eigenvalue weighted by atomic mass is 10.0. The molecule has 156 valence electrons. The number of pyridine rings is 1. The highest BCUT2D eigenvalue weighted by Gasteiger charge is 2.22. The van der Waals surface area contributed by atoms with E-state index in [1.54, 1.807) is 35.1 Å². The van der Waals surface area contributed by atoms with Crippen molar-refractivity contribution >= 4 is 21.8 Å². The molecule has 1 fully saturated rings. The Balaban J connectivity index is 1.30. The van der Waals surface area contributed by atoms with E-state index in [4.69, 9.17) is 0 Å². The van der Waals surface area contributed by atoms with E-state index < -0.39 is 0 Å². The Morgan fingerprint density at radius 2 is 2.07 bits per heavy atom. The molecule has 1 amide bonds. The number of carbonyl (C=O) groups excluding carboxylic acids is 1. The molecule has 4 rings (SSSR count). The van der Waals surface area contributed by atoms with Gasteiger partial charge >= 0.3 is 0 Å². The SMILES string of the molecule is Cn1cc(Br)c(CN2CCC(NC(=O)c3ccc(-c4cccc(F)c4)nc3)CC2)n1. The van der Waals surface area contributed by atoms with E-state index in [9.17, 15) is 9.18 Å². The van der Waals surface area contributed by atoms with Gasteiger partial charge in [0.1, 0.15) is 5.82 Å². The van der Waals surface area contributed by atoms with Crippen LogP contribution in [0.2, 0.25) is 0 Å². The van der Waals surface area contributed by atoms with Crippen LogP contribution in [0.1, 0.15) is 28.9 Å². The first-order valence-corrected chi connectivity index (χ1v) is 10.7. The quantitative estimate of drug-likeness (QED) is 0.614. The summed E-state index contributed by atoms with van der Waals surface area (Å²) in [4.78, 5) is 19.3. The topological polar surface area (TPSA) is 63.0 Å². The maximum absolute atomic E-state index is 13.4. The lowest BCUT2D eigenvalue weighted by molar-refractivity contribution is 0.0908. The molecule has 6 nitrogen and oxygen atoms in total. The number of hydrogen-bond donors (Lipinski definition) is 1. The Morgan fingerprint density at radius 3 is 2.70 bits per heavy atom. The molecule has 1 aromatic carbocycles.